The Bertz CT molecular complexity index is 962. The van der Waals surface area contributed by atoms with E-state index in [1.807, 2.05) is 6.07 Å². The lowest BCUT2D eigenvalue weighted by Crippen LogP contribution is -2.22. The maximum absolute atomic E-state index is 12.1. The predicted molar refractivity (Wildman–Crippen MR) is 90.2 cm³/mol. The summed E-state index contributed by atoms with van der Waals surface area (Å²) in [4.78, 5) is 28.1. The van der Waals surface area contributed by atoms with Gasteiger partial charge in [0.15, 0.2) is 12.4 Å². The second-order valence-corrected chi connectivity index (χ2v) is 5.33. The lowest BCUT2D eigenvalue weighted by atomic mass is 10.1. The van der Waals surface area contributed by atoms with E-state index in [1.165, 1.54) is 17.1 Å². The van der Waals surface area contributed by atoms with Crippen LogP contribution >= 0.6 is 0 Å². The number of aromatic nitrogens is 5. The Labute approximate surface area is 142 Å². The number of ether oxygens (including phenoxy) is 1. The summed E-state index contributed by atoms with van der Waals surface area (Å²) in [5.74, 6) is 0.0789. The second-order valence-electron chi connectivity index (χ2n) is 5.33. The zero-order valence-corrected chi connectivity index (χ0v) is 13.7. The highest BCUT2D eigenvalue weighted by Crippen LogP contribution is 2.24. The second kappa shape index (κ2) is 6.95. The summed E-state index contributed by atoms with van der Waals surface area (Å²) in [6, 6.07) is 8.49. The van der Waals surface area contributed by atoms with Crippen LogP contribution in [-0.2, 0) is 11.8 Å². The number of rotatable bonds is 5. The Balaban J connectivity index is 1.70. The number of hydrogen-bond donors (Lipinski definition) is 2. The number of H-pyrrole nitrogens is 1. The minimum absolute atomic E-state index is 0.0876. The third-order valence-electron chi connectivity index (χ3n) is 3.33. The first kappa shape index (κ1) is 16.4. The van der Waals surface area contributed by atoms with E-state index in [1.54, 1.807) is 32.2 Å². The Morgan fingerprint density at radius 1 is 1.36 bits per heavy atom. The van der Waals surface area contributed by atoms with Crippen molar-refractivity contribution >= 4 is 11.6 Å². The molecule has 9 heteroatoms. The van der Waals surface area contributed by atoms with Crippen LogP contribution in [0.1, 0.15) is 5.69 Å². The van der Waals surface area contributed by atoms with Gasteiger partial charge in [-0.05, 0) is 24.3 Å². The van der Waals surface area contributed by atoms with Gasteiger partial charge in [0.1, 0.15) is 0 Å². The molecule has 2 aromatic heterocycles. The van der Waals surface area contributed by atoms with Crippen molar-refractivity contribution in [2.24, 2.45) is 7.05 Å². The number of aryl methyl sites for hydroxylation is 2. The first-order valence-corrected chi connectivity index (χ1v) is 7.48. The molecule has 25 heavy (non-hydrogen) atoms. The SMILES string of the molecule is Cc1cc(=O)c(OCC(=O)Nc2ccccc2-c2nnn(C)n2)c[nH]1. The van der Waals surface area contributed by atoms with Crippen LogP contribution < -0.4 is 15.5 Å². The molecule has 0 aliphatic heterocycles. The topological polar surface area (TPSA) is 115 Å². The lowest BCUT2D eigenvalue weighted by molar-refractivity contribution is -0.118. The Kier molecular flexibility index (Phi) is 4.55. The van der Waals surface area contributed by atoms with E-state index >= 15 is 0 Å². The van der Waals surface area contributed by atoms with Gasteiger partial charge in [0.05, 0.1) is 12.7 Å². The van der Waals surface area contributed by atoms with E-state index in [0.717, 1.165) is 0 Å². The van der Waals surface area contributed by atoms with Crippen LogP contribution in [0.3, 0.4) is 0 Å². The quantitative estimate of drug-likeness (QED) is 0.713. The minimum atomic E-state index is -0.406. The number of carbonyl (C=O) groups is 1. The molecule has 3 aromatic rings. The van der Waals surface area contributed by atoms with Gasteiger partial charge in [-0.15, -0.1) is 10.2 Å². The van der Waals surface area contributed by atoms with Crippen LogP contribution in [0.4, 0.5) is 5.69 Å². The van der Waals surface area contributed by atoms with E-state index < -0.39 is 5.91 Å². The minimum Gasteiger partial charge on any atom is -0.478 e. The van der Waals surface area contributed by atoms with Gasteiger partial charge < -0.3 is 15.0 Å². The van der Waals surface area contributed by atoms with Gasteiger partial charge in [-0.25, -0.2) is 0 Å². The van der Waals surface area contributed by atoms with Gasteiger partial charge >= 0.3 is 0 Å². The molecule has 0 unspecified atom stereocenters. The van der Waals surface area contributed by atoms with Crippen LogP contribution in [0, 0.1) is 6.92 Å². The normalized spacial score (nSPS) is 10.5. The fraction of sp³-hybridized carbons (Fsp3) is 0.188. The molecule has 128 valence electrons. The number of tetrazole rings is 1. The smallest absolute Gasteiger partial charge is 0.262 e. The molecule has 0 saturated heterocycles. The van der Waals surface area contributed by atoms with Gasteiger partial charge in [0.25, 0.3) is 5.91 Å². The van der Waals surface area contributed by atoms with Crippen molar-refractivity contribution < 1.29 is 9.53 Å². The third kappa shape index (κ3) is 3.89. The zero-order valence-electron chi connectivity index (χ0n) is 13.7. The molecule has 0 aliphatic carbocycles. The maximum Gasteiger partial charge on any atom is 0.262 e. The van der Waals surface area contributed by atoms with E-state index in [2.05, 4.69) is 25.7 Å². The molecule has 9 nitrogen and oxygen atoms in total. The standard InChI is InChI=1S/C16H16N6O3/c1-10-7-13(23)14(8-17-10)25-9-15(24)18-12-6-4-3-5-11(12)16-19-21-22(2)20-16/h3-8H,9H2,1-2H3,(H,17,23)(H,18,24). The van der Waals surface area contributed by atoms with Gasteiger partial charge in [0, 0.05) is 23.5 Å². The molecule has 0 atom stereocenters. The number of carbonyl (C=O) groups excluding carboxylic acids is 1. The summed E-state index contributed by atoms with van der Waals surface area (Å²) in [6.07, 6.45) is 1.43. The highest BCUT2D eigenvalue weighted by molar-refractivity contribution is 5.95. The molecule has 0 bridgehead atoms. The molecule has 0 fully saturated rings. The summed E-state index contributed by atoms with van der Waals surface area (Å²) in [6.45, 7) is 1.46. The maximum atomic E-state index is 12.1. The molecular formula is C16H16N6O3. The van der Waals surface area contributed by atoms with Crippen LogP contribution in [0.15, 0.2) is 41.3 Å². The molecule has 0 spiro atoms. The summed E-state index contributed by atoms with van der Waals surface area (Å²) in [5, 5.41) is 14.6. The van der Waals surface area contributed by atoms with Crippen molar-refractivity contribution in [3.63, 3.8) is 0 Å². The van der Waals surface area contributed by atoms with Gasteiger partial charge in [0.2, 0.25) is 11.3 Å². The molecule has 0 saturated carbocycles. The van der Waals surface area contributed by atoms with Crippen LogP contribution in [-0.4, -0.2) is 37.7 Å². The number of aromatic amines is 1. The molecule has 3 rings (SSSR count). The van der Waals surface area contributed by atoms with Crippen molar-refractivity contribution in [3.8, 4) is 17.1 Å². The van der Waals surface area contributed by atoms with Crippen LogP contribution in [0.25, 0.3) is 11.4 Å². The molecule has 1 aromatic carbocycles. The molecule has 0 aliphatic rings. The van der Waals surface area contributed by atoms with Gasteiger partial charge in [-0.3, -0.25) is 9.59 Å². The molecule has 2 N–H and O–H groups in total. The van der Waals surface area contributed by atoms with Crippen molar-refractivity contribution in [3.05, 3.63) is 52.4 Å². The van der Waals surface area contributed by atoms with Gasteiger partial charge in [-0.2, -0.15) is 4.80 Å². The lowest BCUT2D eigenvalue weighted by Gasteiger charge is -2.09. The van der Waals surface area contributed by atoms with Crippen molar-refractivity contribution in [2.75, 3.05) is 11.9 Å². The van der Waals surface area contributed by atoms with Gasteiger partial charge in [-0.1, -0.05) is 12.1 Å². The Morgan fingerprint density at radius 3 is 2.88 bits per heavy atom. The fourth-order valence-corrected chi connectivity index (χ4v) is 2.18. The van der Waals surface area contributed by atoms with E-state index in [-0.39, 0.29) is 17.8 Å². The van der Waals surface area contributed by atoms with E-state index in [0.29, 0.717) is 22.8 Å². The van der Waals surface area contributed by atoms with Crippen LogP contribution in [0.5, 0.6) is 5.75 Å². The monoisotopic (exact) mass is 340 g/mol. The zero-order chi connectivity index (χ0) is 17.8. The summed E-state index contributed by atoms with van der Waals surface area (Å²) < 4.78 is 5.27. The largest absolute Gasteiger partial charge is 0.478 e. The Hall–Kier alpha value is -3.49. The number of amides is 1. The number of para-hydroxylation sites is 1. The molecule has 2 heterocycles. The molecule has 0 radical (unpaired) electrons. The number of benzene rings is 1. The number of nitrogens with one attached hydrogen (secondary N) is 2. The first-order valence-electron chi connectivity index (χ1n) is 7.48. The van der Waals surface area contributed by atoms with Crippen LogP contribution in [0.2, 0.25) is 0 Å². The summed E-state index contributed by atoms with van der Waals surface area (Å²) >= 11 is 0. The summed E-state index contributed by atoms with van der Waals surface area (Å²) in [7, 11) is 1.66. The number of pyridine rings is 1. The average Bonchev–Trinajstić information content (AvgIpc) is 3.01. The van der Waals surface area contributed by atoms with E-state index in [9.17, 15) is 9.59 Å². The number of hydrogen-bond acceptors (Lipinski definition) is 6. The highest BCUT2D eigenvalue weighted by Gasteiger charge is 2.13. The third-order valence-corrected chi connectivity index (χ3v) is 3.33. The molecular weight excluding hydrogens is 324 g/mol. The highest BCUT2D eigenvalue weighted by atomic mass is 16.5. The average molecular weight is 340 g/mol. The van der Waals surface area contributed by atoms with Crippen molar-refractivity contribution in [1.82, 2.24) is 25.2 Å². The first-order chi connectivity index (χ1) is 12.0. The van der Waals surface area contributed by atoms with Crippen molar-refractivity contribution in [1.29, 1.82) is 0 Å². The number of nitrogens with zero attached hydrogens (tertiary/aromatic N) is 4. The Morgan fingerprint density at radius 2 is 2.16 bits per heavy atom. The molecule has 1 amide bonds. The van der Waals surface area contributed by atoms with Crippen molar-refractivity contribution in [2.45, 2.75) is 6.92 Å². The van der Waals surface area contributed by atoms with E-state index in [4.69, 9.17) is 4.74 Å². The summed E-state index contributed by atoms with van der Waals surface area (Å²) in [5.41, 5.74) is 1.60. The predicted octanol–water partition coefficient (Wildman–Crippen LogP) is 0.891. The number of anilines is 1. The fourth-order valence-electron chi connectivity index (χ4n) is 2.18.